The maximum absolute atomic E-state index is 11.9. The molecule has 2 rings (SSSR count). The molecule has 1 fully saturated rings. The van der Waals surface area contributed by atoms with Crippen molar-refractivity contribution in [3.8, 4) is 0 Å². The monoisotopic (exact) mass is 315 g/mol. The van der Waals surface area contributed by atoms with Crippen LogP contribution in [0, 0.1) is 0 Å². The Balaban J connectivity index is 2.06. The van der Waals surface area contributed by atoms with E-state index in [2.05, 4.69) is 10.4 Å². The molecule has 1 aromatic heterocycles. The van der Waals surface area contributed by atoms with Crippen molar-refractivity contribution in [2.45, 2.75) is 50.7 Å². The van der Waals surface area contributed by atoms with Gasteiger partial charge in [-0.25, -0.2) is 4.68 Å². The van der Waals surface area contributed by atoms with Crippen molar-refractivity contribution >= 4 is 17.3 Å². The van der Waals surface area contributed by atoms with E-state index in [9.17, 15) is 9.90 Å². The van der Waals surface area contributed by atoms with Crippen LogP contribution in [0.2, 0.25) is 5.02 Å². The molecule has 118 valence electrons. The molecule has 0 atom stereocenters. The number of hydrogen-bond donors (Lipinski definition) is 3. The van der Waals surface area contributed by atoms with Crippen molar-refractivity contribution in [2.24, 2.45) is 0 Å². The summed E-state index contributed by atoms with van der Waals surface area (Å²) in [5.41, 5.74) is -0.767. The van der Waals surface area contributed by atoms with Crippen molar-refractivity contribution < 1.29 is 10.2 Å². The zero-order valence-corrected chi connectivity index (χ0v) is 12.8. The molecule has 1 aliphatic rings. The molecule has 0 bridgehead atoms. The van der Waals surface area contributed by atoms with Gasteiger partial charge in [0.05, 0.1) is 30.6 Å². The van der Waals surface area contributed by atoms with Crippen LogP contribution >= 0.6 is 11.6 Å². The average Bonchev–Trinajstić information content (AvgIpc) is 2.69. The third kappa shape index (κ3) is 4.18. The van der Waals surface area contributed by atoms with E-state index < -0.39 is 11.2 Å². The summed E-state index contributed by atoms with van der Waals surface area (Å²) in [4.78, 5) is 11.9. The summed E-state index contributed by atoms with van der Waals surface area (Å²) < 4.78 is 1.12. The molecule has 6 nitrogen and oxygen atoms in total. The lowest BCUT2D eigenvalue weighted by Crippen LogP contribution is -2.37. The van der Waals surface area contributed by atoms with E-state index in [0.29, 0.717) is 12.2 Å². The summed E-state index contributed by atoms with van der Waals surface area (Å²) >= 11 is 6.03. The van der Waals surface area contributed by atoms with Crippen LogP contribution in [0.25, 0.3) is 0 Å². The van der Waals surface area contributed by atoms with E-state index in [-0.39, 0.29) is 18.2 Å². The number of aromatic nitrogens is 2. The molecular formula is C14H22ClN3O3. The van der Waals surface area contributed by atoms with Gasteiger partial charge in [0.2, 0.25) is 0 Å². The second-order valence-electron chi connectivity index (χ2n) is 5.62. The standard InChI is InChI=1S/C14H22ClN3O3/c15-12-11(9-17-18(7-8-19)13(12)20)16-10-14(21)5-3-1-2-4-6-14/h9,16,19,21H,1-8,10H2. The minimum absolute atomic E-state index is 0.0377. The summed E-state index contributed by atoms with van der Waals surface area (Å²) in [5.74, 6) is 0. The molecule has 0 saturated heterocycles. The number of anilines is 1. The predicted molar refractivity (Wildman–Crippen MR) is 81.7 cm³/mol. The van der Waals surface area contributed by atoms with Gasteiger partial charge in [0, 0.05) is 6.54 Å². The fourth-order valence-corrected chi connectivity index (χ4v) is 2.88. The van der Waals surface area contributed by atoms with Gasteiger partial charge >= 0.3 is 0 Å². The number of nitrogens with zero attached hydrogens (tertiary/aromatic N) is 2. The predicted octanol–water partition coefficient (Wildman–Crippen LogP) is 1.39. The molecule has 0 amide bonds. The van der Waals surface area contributed by atoms with Gasteiger partial charge in [0.25, 0.3) is 5.56 Å². The van der Waals surface area contributed by atoms with E-state index in [1.165, 1.54) is 6.20 Å². The Morgan fingerprint density at radius 1 is 1.33 bits per heavy atom. The normalized spacial score (nSPS) is 18.2. The topological polar surface area (TPSA) is 87.4 Å². The number of hydrogen-bond acceptors (Lipinski definition) is 5. The highest BCUT2D eigenvalue weighted by Crippen LogP contribution is 2.28. The number of aliphatic hydroxyl groups excluding tert-OH is 1. The number of rotatable bonds is 5. The van der Waals surface area contributed by atoms with Gasteiger partial charge in [0.1, 0.15) is 5.02 Å². The molecule has 7 heteroatoms. The first-order valence-electron chi connectivity index (χ1n) is 7.38. The molecule has 0 aromatic carbocycles. The van der Waals surface area contributed by atoms with Crippen molar-refractivity contribution in [2.75, 3.05) is 18.5 Å². The van der Waals surface area contributed by atoms with Crippen LogP contribution in [0.4, 0.5) is 5.69 Å². The molecule has 1 aromatic rings. The van der Waals surface area contributed by atoms with Gasteiger partial charge in [-0.2, -0.15) is 5.10 Å². The Labute approximate surface area is 128 Å². The van der Waals surface area contributed by atoms with Crippen LogP contribution in [-0.2, 0) is 6.54 Å². The van der Waals surface area contributed by atoms with Crippen molar-refractivity contribution in [1.82, 2.24) is 9.78 Å². The van der Waals surface area contributed by atoms with Crippen LogP contribution in [0.3, 0.4) is 0 Å². The summed E-state index contributed by atoms with van der Waals surface area (Å²) in [7, 11) is 0. The number of aliphatic hydroxyl groups is 2. The second-order valence-corrected chi connectivity index (χ2v) is 5.99. The van der Waals surface area contributed by atoms with Crippen LogP contribution < -0.4 is 10.9 Å². The Morgan fingerprint density at radius 3 is 2.62 bits per heavy atom. The zero-order chi connectivity index (χ0) is 15.3. The lowest BCUT2D eigenvalue weighted by molar-refractivity contribution is 0.0381. The van der Waals surface area contributed by atoms with Gasteiger partial charge in [0.15, 0.2) is 0 Å². The first-order valence-corrected chi connectivity index (χ1v) is 7.76. The van der Waals surface area contributed by atoms with Gasteiger partial charge in [-0.05, 0) is 12.8 Å². The van der Waals surface area contributed by atoms with Crippen molar-refractivity contribution in [3.63, 3.8) is 0 Å². The van der Waals surface area contributed by atoms with Crippen LogP contribution in [0.1, 0.15) is 38.5 Å². The summed E-state index contributed by atoms with van der Waals surface area (Å²) in [6, 6.07) is 0. The molecule has 1 aliphatic carbocycles. The lowest BCUT2D eigenvalue weighted by atomic mass is 9.94. The Hall–Kier alpha value is -1.11. The van der Waals surface area contributed by atoms with E-state index in [1.807, 2.05) is 0 Å². The van der Waals surface area contributed by atoms with E-state index >= 15 is 0 Å². The highest BCUT2D eigenvalue weighted by molar-refractivity contribution is 6.32. The number of halogens is 1. The molecule has 0 spiro atoms. The quantitative estimate of drug-likeness (QED) is 0.715. The lowest BCUT2D eigenvalue weighted by Gasteiger charge is -2.27. The molecule has 3 N–H and O–H groups in total. The highest BCUT2D eigenvalue weighted by atomic mass is 35.5. The Bertz CT molecular complexity index is 525. The molecular weight excluding hydrogens is 294 g/mol. The molecule has 1 saturated carbocycles. The van der Waals surface area contributed by atoms with Crippen LogP contribution in [-0.4, -0.2) is 38.7 Å². The van der Waals surface area contributed by atoms with E-state index in [0.717, 1.165) is 43.2 Å². The first-order chi connectivity index (χ1) is 10.1. The summed E-state index contributed by atoms with van der Waals surface area (Å²) in [5, 5.41) is 26.4. The average molecular weight is 316 g/mol. The van der Waals surface area contributed by atoms with Gasteiger partial charge in [-0.3, -0.25) is 4.79 Å². The fourth-order valence-electron chi connectivity index (χ4n) is 2.67. The van der Waals surface area contributed by atoms with Crippen LogP contribution in [0.5, 0.6) is 0 Å². The third-order valence-corrected chi connectivity index (χ3v) is 4.30. The fraction of sp³-hybridized carbons (Fsp3) is 0.714. The Morgan fingerprint density at radius 2 is 2.00 bits per heavy atom. The Kier molecular flexibility index (Phi) is 5.61. The summed E-state index contributed by atoms with van der Waals surface area (Å²) in [6.45, 7) is 0.302. The first kappa shape index (κ1) is 16.3. The molecule has 21 heavy (non-hydrogen) atoms. The highest BCUT2D eigenvalue weighted by Gasteiger charge is 2.28. The molecule has 0 radical (unpaired) electrons. The van der Waals surface area contributed by atoms with Crippen molar-refractivity contribution in [3.05, 3.63) is 21.6 Å². The zero-order valence-electron chi connectivity index (χ0n) is 12.0. The third-order valence-electron chi connectivity index (χ3n) is 3.94. The van der Waals surface area contributed by atoms with Crippen LogP contribution in [0.15, 0.2) is 11.0 Å². The molecule has 0 aliphatic heterocycles. The van der Waals surface area contributed by atoms with Gasteiger partial charge in [-0.1, -0.05) is 37.3 Å². The minimum atomic E-state index is -0.750. The van der Waals surface area contributed by atoms with E-state index in [4.69, 9.17) is 16.7 Å². The van der Waals surface area contributed by atoms with Gasteiger partial charge < -0.3 is 15.5 Å². The smallest absolute Gasteiger partial charge is 0.287 e. The van der Waals surface area contributed by atoms with Crippen molar-refractivity contribution in [1.29, 1.82) is 0 Å². The largest absolute Gasteiger partial charge is 0.394 e. The van der Waals surface area contributed by atoms with E-state index in [1.54, 1.807) is 0 Å². The van der Waals surface area contributed by atoms with Gasteiger partial charge in [-0.15, -0.1) is 0 Å². The number of nitrogens with one attached hydrogen (secondary N) is 1. The molecule has 0 unspecified atom stereocenters. The summed E-state index contributed by atoms with van der Waals surface area (Å²) in [6.07, 6.45) is 7.31. The molecule has 1 heterocycles. The SMILES string of the molecule is O=c1c(Cl)c(NCC2(O)CCCCCC2)cnn1CCO. The minimum Gasteiger partial charge on any atom is -0.394 e. The maximum atomic E-state index is 11.9. The second kappa shape index (κ2) is 7.24. The maximum Gasteiger partial charge on any atom is 0.287 e.